The Bertz CT molecular complexity index is 1190. The summed E-state index contributed by atoms with van der Waals surface area (Å²) in [6, 6.07) is 7.68. The molecule has 4 aromatic rings. The van der Waals surface area contributed by atoms with Gasteiger partial charge in [0.1, 0.15) is 16.7 Å². The Labute approximate surface area is 153 Å². The smallest absolute Gasteiger partial charge is 0.280 e. The van der Waals surface area contributed by atoms with Crippen LogP contribution in [0.1, 0.15) is 22.9 Å². The highest BCUT2D eigenvalue weighted by molar-refractivity contribution is 7.18. The standard InChI is InChI=1S/C19H17N3O3S/c1-3-13-8-15-18(26-13)20-10-22(19(15)24)21-17(23)7-12-9-25-16-6-11(2)4-5-14(12)16/h4-6,8-10H,3,7H2,1-2H3,(H,21,23). The Balaban J connectivity index is 1.58. The maximum atomic E-state index is 12.5. The molecule has 0 saturated heterocycles. The van der Waals surface area contributed by atoms with Crippen LogP contribution in [0, 0.1) is 6.92 Å². The third-order valence-corrected chi connectivity index (χ3v) is 5.45. The van der Waals surface area contributed by atoms with E-state index in [0.717, 1.165) is 38.1 Å². The van der Waals surface area contributed by atoms with Crippen LogP contribution in [0.3, 0.4) is 0 Å². The molecule has 26 heavy (non-hydrogen) atoms. The van der Waals surface area contributed by atoms with Gasteiger partial charge in [-0.1, -0.05) is 19.1 Å². The van der Waals surface area contributed by atoms with Crippen molar-refractivity contribution < 1.29 is 9.21 Å². The van der Waals surface area contributed by atoms with Crippen LogP contribution < -0.4 is 11.0 Å². The number of carbonyl (C=O) groups excluding carboxylic acids is 1. The molecule has 0 aliphatic rings. The molecule has 0 atom stereocenters. The molecule has 1 N–H and O–H groups in total. The first-order chi connectivity index (χ1) is 12.5. The van der Waals surface area contributed by atoms with Crippen LogP contribution in [0.5, 0.6) is 0 Å². The van der Waals surface area contributed by atoms with E-state index in [-0.39, 0.29) is 17.9 Å². The number of nitrogens with zero attached hydrogens (tertiary/aromatic N) is 2. The summed E-state index contributed by atoms with van der Waals surface area (Å²) in [5, 5.41) is 1.43. The Morgan fingerprint density at radius 3 is 2.96 bits per heavy atom. The van der Waals surface area contributed by atoms with Crippen molar-refractivity contribution >= 4 is 38.4 Å². The molecule has 0 unspecified atom stereocenters. The van der Waals surface area contributed by atoms with Crippen LogP contribution >= 0.6 is 11.3 Å². The van der Waals surface area contributed by atoms with Gasteiger partial charge < -0.3 is 4.42 Å². The fourth-order valence-corrected chi connectivity index (χ4v) is 3.83. The molecule has 0 radical (unpaired) electrons. The molecule has 0 aliphatic carbocycles. The molecule has 0 aliphatic heterocycles. The number of hydrogen-bond donors (Lipinski definition) is 1. The van der Waals surface area contributed by atoms with E-state index in [1.165, 1.54) is 17.7 Å². The summed E-state index contributed by atoms with van der Waals surface area (Å²) >= 11 is 1.50. The van der Waals surface area contributed by atoms with E-state index in [0.29, 0.717) is 10.2 Å². The minimum Gasteiger partial charge on any atom is -0.464 e. The lowest BCUT2D eigenvalue weighted by Crippen LogP contribution is -2.33. The topological polar surface area (TPSA) is 77.1 Å². The normalized spacial score (nSPS) is 11.3. The van der Waals surface area contributed by atoms with E-state index in [1.54, 1.807) is 6.26 Å². The molecule has 132 valence electrons. The number of furan rings is 1. The maximum Gasteiger partial charge on any atom is 0.280 e. The molecule has 4 rings (SSSR count). The van der Waals surface area contributed by atoms with Gasteiger partial charge in [0.2, 0.25) is 5.91 Å². The molecule has 6 nitrogen and oxygen atoms in total. The number of nitrogens with one attached hydrogen (secondary N) is 1. The van der Waals surface area contributed by atoms with Crippen molar-refractivity contribution in [2.45, 2.75) is 26.7 Å². The van der Waals surface area contributed by atoms with Crippen molar-refractivity contribution in [1.82, 2.24) is 9.66 Å². The molecular weight excluding hydrogens is 350 g/mol. The highest BCUT2D eigenvalue weighted by Gasteiger charge is 2.13. The molecule has 3 aromatic heterocycles. The quantitative estimate of drug-likeness (QED) is 0.600. The van der Waals surface area contributed by atoms with E-state index in [9.17, 15) is 9.59 Å². The predicted molar refractivity (Wildman–Crippen MR) is 102 cm³/mol. The van der Waals surface area contributed by atoms with Crippen molar-refractivity contribution in [2.75, 3.05) is 5.43 Å². The lowest BCUT2D eigenvalue weighted by Gasteiger charge is -2.06. The highest BCUT2D eigenvalue weighted by atomic mass is 32.1. The monoisotopic (exact) mass is 367 g/mol. The van der Waals surface area contributed by atoms with Crippen LogP contribution in [0.25, 0.3) is 21.2 Å². The highest BCUT2D eigenvalue weighted by Crippen LogP contribution is 2.23. The summed E-state index contributed by atoms with van der Waals surface area (Å²) in [6.45, 7) is 4.01. The van der Waals surface area contributed by atoms with Gasteiger partial charge in [0.15, 0.2) is 0 Å². The zero-order valence-corrected chi connectivity index (χ0v) is 15.2. The Morgan fingerprint density at radius 2 is 2.15 bits per heavy atom. The number of thiophene rings is 1. The van der Waals surface area contributed by atoms with E-state index in [2.05, 4.69) is 10.4 Å². The first-order valence-electron chi connectivity index (χ1n) is 8.32. The van der Waals surface area contributed by atoms with E-state index in [4.69, 9.17) is 4.42 Å². The van der Waals surface area contributed by atoms with Crippen LogP contribution in [-0.4, -0.2) is 15.6 Å². The van der Waals surface area contributed by atoms with Gasteiger partial charge in [-0.05, 0) is 31.0 Å². The van der Waals surface area contributed by atoms with Crippen molar-refractivity contribution in [3.8, 4) is 0 Å². The van der Waals surface area contributed by atoms with Gasteiger partial charge in [0.25, 0.3) is 5.56 Å². The van der Waals surface area contributed by atoms with E-state index >= 15 is 0 Å². The molecule has 0 spiro atoms. The van der Waals surface area contributed by atoms with Gasteiger partial charge >= 0.3 is 0 Å². The number of carbonyl (C=O) groups is 1. The predicted octanol–water partition coefficient (Wildman–Crippen LogP) is 3.39. The molecule has 0 fully saturated rings. The van der Waals surface area contributed by atoms with Crippen LogP contribution in [0.4, 0.5) is 0 Å². The zero-order valence-electron chi connectivity index (χ0n) is 14.4. The summed E-state index contributed by atoms with van der Waals surface area (Å²) in [5.74, 6) is -0.303. The van der Waals surface area contributed by atoms with Gasteiger partial charge in [0.05, 0.1) is 18.1 Å². The van der Waals surface area contributed by atoms with Crippen molar-refractivity contribution in [1.29, 1.82) is 0 Å². The largest absolute Gasteiger partial charge is 0.464 e. The van der Waals surface area contributed by atoms with Crippen LogP contribution in [0.15, 0.2) is 46.1 Å². The first kappa shape index (κ1) is 16.5. The number of aryl methyl sites for hydroxylation is 2. The number of benzene rings is 1. The van der Waals surface area contributed by atoms with Gasteiger partial charge in [-0.3, -0.25) is 15.0 Å². The maximum absolute atomic E-state index is 12.5. The Morgan fingerprint density at radius 1 is 1.31 bits per heavy atom. The number of hydrogen-bond acceptors (Lipinski definition) is 5. The van der Waals surface area contributed by atoms with Gasteiger partial charge in [-0.25, -0.2) is 9.66 Å². The number of fused-ring (bicyclic) bond motifs is 2. The first-order valence-corrected chi connectivity index (χ1v) is 9.13. The average Bonchev–Trinajstić information content (AvgIpc) is 3.21. The minimum absolute atomic E-state index is 0.115. The van der Waals surface area contributed by atoms with E-state index < -0.39 is 0 Å². The van der Waals surface area contributed by atoms with Crippen molar-refractivity contribution in [2.24, 2.45) is 0 Å². The Hall–Kier alpha value is -2.93. The van der Waals surface area contributed by atoms with E-state index in [1.807, 2.05) is 38.1 Å². The molecule has 7 heteroatoms. The third-order valence-electron chi connectivity index (χ3n) is 4.26. The molecule has 1 aromatic carbocycles. The number of aromatic nitrogens is 2. The van der Waals surface area contributed by atoms with Gasteiger partial charge in [-0.2, -0.15) is 0 Å². The lowest BCUT2D eigenvalue weighted by molar-refractivity contribution is -0.116. The SMILES string of the molecule is CCc1cc2c(=O)n(NC(=O)Cc3coc4cc(C)ccc34)cnc2s1. The van der Waals surface area contributed by atoms with Crippen LogP contribution in [0.2, 0.25) is 0 Å². The number of rotatable bonds is 4. The average molecular weight is 367 g/mol. The molecule has 0 saturated carbocycles. The Kier molecular flexibility index (Phi) is 4.08. The zero-order chi connectivity index (χ0) is 18.3. The fourth-order valence-electron chi connectivity index (χ4n) is 2.90. The second-order valence-electron chi connectivity index (χ2n) is 6.18. The summed E-state index contributed by atoms with van der Waals surface area (Å²) < 4.78 is 6.66. The number of amides is 1. The summed E-state index contributed by atoms with van der Waals surface area (Å²) in [5.41, 5.74) is 4.96. The molecular formula is C19H17N3O3S. The minimum atomic E-state index is -0.303. The lowest BCUT2D eigenvalue weighted by atomic mass is 10.1. The summed E-state index contributed by atoms with van der Waals surface area (Å²) in [6.07, 6.45) is 3.90. The second-order valence-corrected chi connectivity index (χ2v) is 7.29. The summed E-state index contributed by atoms with van der Waals surface area (Å²) in [7, 11) is 0. The van der Waals surface area contributed by atoms with Crippen LogP contribution in [-0.2, 0) is 17.6 Å². The van der Waals surface area contributed by atoms with Gasteiger partial charge in [0, 0.05) is 15.8 Å². The molecule has 3 heterocycles. The second kappa shape index (κ2) is 6.42. The fraction of sp³-hybridized carbons (Fsp3) is 0.211. The third kappa shape index (κ3) is 2.90. The molecule has 0 bridgehead atoms. The van der Waals surface area contributed by atoms with Crippen molar-refractivity contribution in [3.63, 3.8) is 0 Å². The van der Waals surface area contributed by atoms with Gasteiger partial charge in [-0.15, -0.1) is 11.3 Å². The van der Waals surface area contributed by atoms with Crippen molar-refractivity contribution in [3.05, 3.63) is 63.2 Å². The molecule has 1 amide bonds. The summed E-state index contributed by atoms with van der Waals surface area (Å²) in [4.78, 5) is 31.0.